The van der Waals surface area contributed by atoms with Crippen LogP contribution in [0, 0.1) is 22.3 Å². The molecule has 0 aliphatic carbocycles. The summed E-state index contributed by atoms with van der Waals surface area (Å²) in [7, 11) is 0. The molecular formula is C39H42AlNaO. The van der Waals surface area contributed by atoms with Crippen molar-refractivity contribution in [1.82, 2.24) is 0 Å². The molecule has 0 N–H and O–H groups in total. The van der Waals surface area contributed by atoms with Crippen molar-refractivity contribution in [3.05, 3.63) is 195 Å². The summed E-state index contributed by atoms with van der Waals surface area (Å²) in [5, 5.41) is 14.6. The van der Waals surface area contributed by atoms with Gasteiger partial charge in [0, 0.05) is 11.8 Å². The van der Waals surface area contributed by atoms with Crippen LogP contribution in [0.25, 0.3) is 0 Å². The summed E-state index contributed by atoms with van der Waals surface area (Å²) in [5.74, 6) is -0.185. The largest absolute Gasteiger partial charge is 3.00 e. The quantitative estimate of drug-likeness (QED) is 0.131. The monoisotopic (exact) mass is 576 g/mol. The Morgan fingerprint density at radius 2 is 0.714 bits per heavy atom. The third kappa shape index (κ3) is 8.73. The van der Waals surface area contributed by atoms with E-state index in [0.29, 0.717) is 0 Å². The molecule has 0 spiro atoms. The molecule has 0 atom stereocenters. The van der Waals surface area contributed by atoms with Crippen LogP contribution in [0.2, 0.25) is 0 Å². The molecule has 0 aliphatic rings. The van der Waals surface area contributed by atoms with Gasteiger partial charge in [0.2, 0.25) is 0 Å². The van der Waals surface area contributed by atoms with Crippen molar-refractivity contribution in [1.29, 1.82) is 0 Å². The van der Waals surface area contributed by atoms with E-state index < -0.39 is 0 Å². The molecule has 0 radical (unpaired) electrons. The predicted octanol–water partition coefficient (Wildman–Crippen LogP) is 6.39. The van der Waals surface area contributed by atoms with Crippen LogP contribution in [-0.4, -0.2) is 17.4 Å². The van der Waals surface area contributed by atoms with E-state index >= 15 is 0 Å². The Hall–Kier alpha value is -2.57. The fourth-order valence-electron chi connectivity index (χ4n) is 5.22. The Morgan fingerprint density at radius 3 is 0.929 bits per heavy atom. The van der Waals surface area contributed by atoms with Crippen LogP contribution in [0.5, 0.6) is 5.75 Å². The molecule has 3 heteroatoms. The van der Waals surface area contributed by atoms with Crippen LogP contribution in [-0.2, 0) is 5.41 Å². The molecule has 1 nitrogen and oxygen atoms in total. The van der Waals surface area contributed by atoms with Crippen LogP contribution in [0.3, 0.4) is 0 Å². The molecule has 5 rings (SSSR count). The first-order valence-electron chi connectivity index (χ1n) is 13.0. The van der Waals surface area contributed by atoms with E-state index in [1.54, 1.807) is 0 Å². The van der Waals surface area contributed by atoms with Crippen LogP contribution in [0.15, 0.2) is 133 Å². The maximum Gasteiger partial charge on any atom is 3.00 e. The average molecular weight is 577 g/mol. The van der Waals surface area contributed by atoms with Gasteiger partial charge in [-0.15, -0.1) is 5.75 Å². The Labute approximate surface area is 288 Å². The number of hydrogen-bond donors (Lipinski definition) is 0. The Kier molecular flexibility index (Phi) is 16.5. The first kappa shape index (κ1) is 39.4. The standard InChI is InChI=1S/C36H34O.3CH3.Al.Na/c1-36(2,3)30-24-31(33(26-16-8-4-9-17-26)27-18-10-5-11-19-27)35(37)32(25-30)34(28-20-12-6-13-21-28)29-22-14-7-15-23-29;;;;;/h4-25,33-34,37H,1-3H3;3*1H3;;/q;3*-1;+3;+1/p-1. The summed E-state index contributed by atoms with van der Waals surface area (Å²) in [6.45, 7) is 6.67. The molecular weight excluding hydrogens is 534 g/mol. The minimum Gasteiger partial charge on any atom is -0.872 e. The first-order chi connectivity index (χ1) is 17.9. The molecule has 0 bridgehead atoms. The maximum absolute atomic E-state index is 14.6. The third-order valence-electron chi connectivity index (χ3n) is 7.17. The Morgan fingerprint density at radius 1 is 0.476 bits per heavy atom. The predicted molar refractivity (Wildman–Crippen MR) is 177 cm³/mol. The Balaban J connectivity index is 0.00000336. The van der Waals surface area contributed by atoms with E-state index in [-0.39, 0.29) is 92.2 Å². The van der Waals surface area contributed by atoms with Crippen molar-refractivity contribution in [3.8, 4) is 5.75 Å². The van der Waals surface area contributed by atoms with Crippen LogP contribution >= 0.6 is 0 Å². The van der Waals surface area contributed by atoms with E-state index in [1.165, 1.54) is 5.56 Å². The molecule has 0 saturated heterocycles. The van der Waals surface area contributed by atoms with E-state index in [0.717, 1.165) is 33.4 Å². The van der Waals surface area contributed by atoms with E-state index in [9.17, 15) is 5.11 Å². The van der Waals surface area contributed by atoms with Crippen LogP contribution in [0.1, 0.15) is 71.6 Å². The molecule has 0 aliphatic heterocycles. The molecule has 5 aromatic rings. The van der Waals surface area contributed by atoms with Gasteiger partial charge in [-0.05, 0) is 44.4 Å². The van der Waals surface area contributed by atoms with E-state index in [1.807, 2.05) is 24.3 Å². The molecule has 5 aromatic carbocycles. The zero-order valence-electron chi connectivity index (χ0n) is 26.3. The van der Waals surface area contributed by atoms with Gasteiger partial charge < -0.3 is 27.4 Å². The van der Waals surface area contributed by atoms with Gasteiger partial charge in [0.15, 0.2) is 0 Å². The normalized spacial score (nSPS) is 10.3. The molecule has 0 unspecified atom stereocenters. The van der Waals surface area contributed by atoms with Crippen molar-refractivity contribution < 1.29 is 34.7 Å². The van der Waals surface area contributed by atoms with Gasteiger partial charge in [-0.2, -0.15) is 0 Å². The zero-order chi connectivity index (χ0) is 25.8. The first-order valence-corrected chi connectivity index (χ1v) is 13.0. The van der Waals surface area contributed by atoms with E-state index in [2.05, 4.69) is 130 Å². The fraction of sp³-hybridized carbons (Fsp3) is 0.154. The van der Waals surface area contributed by atoms with Crippen molar-refractivity contribution in [2.75, 3.05) is 0 Å². The molecule has 0 fully saturated rings. The van der Waals surface area contributed by atoms with Crippen molar-refractivity contribution >= 4 is 17.4 Å². The maximum atomic E-state index is 14.6. The van der Waals surface area contributed by atoms with E-state index in [4.69, 9.17) is 0 Å². The Bertz CT molecular complexity index is 1260. The topological polar surface area (TPSA) is 23.1 Å². The second kappa shape index (κ2) is 17.5. The zero-order valence-corrected chi connectivity index (χ0v) is 29.5. The van der Waals surface area contributed by atoms with Crippen LogP contribution < -0.4 is 34.7 Å². The second-order valence-corrected chi connectivity index (χ2v) is 10.7. The number of benzene rings is 5. The fourth-order valence-corrected chi connectivity index (χ4v) is 5.22. The second-order valence-electron chi connectivity index (χ2n) is 10.7. The van der Waals surface area contributed by atoms with Crippen molar-refractivity contribution in [3.63, 3.8) is 0 Å². The van der Waals surface area contributed by atoms with Gasteiger partial charge in [0.1, 0.15) is 0 Å². The van der Waals surface area contributed by atoms with Gasteiger partial charge in [0.25, 0.3) is 0 Å². The summed E-state index contributed by atoms with van der Waals surface area (Å²) in [6, 6.07) is 45.9. The molecule has 0 saturated carbocycles. The van der Waals surface area contributed by atoms with Crippen LogP contribution in [0.4, 0.5) is 0 Å². The minimum atomic E-state index is -0.150. The molecule has 0 heterocycles. The number of rotatable bonds is 6. The summed E-state index contributed by atoms with van der Waals surface area (Å²) in [4.78, 5) is 0. The molecule has 42 heavy (non-hydrogen) atoms. The van der Waals surface area contributed by atoms with Gasteiger partial charge in [-0.1, -0.05) is 154 Å². The summed E-state index contributed by atoms with van der Waals surface area (Å²) in [6.07, 6.45) is 0. The minimum absolute atomic E-state index is 0. The van der Waals surface area contributed by atoms with Crippen molar-refractivity contribution in [2.24, 2.45) is 0 Å². The van der Waals surface area contributed by atoms with Gasteiger partial charge in [0.05, 0.1) is 0 Å². The number of hydrogen-bond acceptors (Lipinski definition) is 1. The molecule has 0 aromatic heterocycles. The van der Waals surface area contributed by atoms with Gasteiger partial charge in [-0.25, -0.2) is 0 Å². The van der Waals surface area contributed by atoms with Gasteiger partial charge in [-0.3, -0.25) is 0 Å². The summed E-state index contributed by atoms with van der Waals surface area (Å²) >= 11 is 0. The summed E-state index contributed by atoms with van der Waals surface area (Å²) < 4.78 is 0. The molecule has 0 amide bonds. The SMILES string of the molecule is CC(C)(C)c1cc(C(c2ccccc2)c2ccccc2)c([O-])c(C(c2ccccc2)c2ccccc2)c1.[Al+3].[CH3-].[CH3-].[CH3-].[Na+]. The molecule has 208 valence electrons. The van der Waals surface area contributed by atoms with Gasteiger partial charge >= 0.3 is 46.9 Å². The summed E-state index contributed by atoms with van der Waals surface area (Å²) in [5.41, 5.74) is 7.21. The third-order valence-corrected chi connectivity index (χ3v) is 7.17. The average Bonchev–Trinajstić information content (AvgIpc) is 2.92. The smallest absolute Gasteiger partial charge is 0.872 e. The van der Waals surface area contributed by atoms with Crippen molar-refractivity contribution in [2.45, 2.75) is 38.0 Å².